The molecule has 5 nitrogen and oxygen atoms in total. The van der Waals surface area contributed by atoms with Crippen molar-refractivity contribution < 1.29 is 0 Å². The normalized spacial score (nSPS) is 10.3. The average Bonchev–Trinajstić information content (AvgIpc) is 2.38. The summed E-state index contributed by atoms with van der Waals surface area (Å²) in [5.41, 5.74) is 1.76. The van der Waals surface area contributed by atoms with Crippen molar-refractivity contribution in [1.29, 1.82) is 0 Å². The molecule has 0 amide bonds. The van der Waals surface area contributed by atoms with Crippen molar-refractivity contribution in [2.24, 2.45) is 0 Å². The molecule has 0 atom stereocenters. The van der Waals surface area contributed by atoms with E-state index in [1.54, 1.807) is 31.0 Å². The van der Waals surface area contributed by atoms with E-state index in [0.717, 1.165) is 18.7 Å². The molecule has 0 bridgehead atoms. The van der Waals surface area contributed by atoms with Crippen molar-refractivity contribution in [3.63, 3.8) is 0 Å². The fraction of sp³-hybridized carbons (Fsp3) is 0.273. The number of nitrogens with zero attached hydrogens (tertiary/aromatic N) is 4. The maximum absolute atomic E-state index is 4.25. The summed E-state index contributed by atoms with van der Waals surface area (Å²) in [6, 6.07) is 0. The Hall–Kier alpha value is -1.88. The molecule has 2 aromatic heterocycles. The van der Waals surface area contributed by atoms with Gasteiger partial charge in [0.05, 0.1) is 6.20 Å². The Morgan fingerprint density at radius 2 is 1.88 bits per heavy atom. The van der Waals surface area contributed by atoms with E-state index >= 15 is 0 Å². The van der Waals surface area contributed by atoms with Gasteiger partial charge in [0.25, 0.3) is 0 Å². The van der Waals surface area contributed by atoms with Crippen molar-refractivity contribution >= 4 is 0 Å². The van der Waals surface area contributed by atoms with Crippen LogP contribution >= 0.6 is 0 Å². The Balaban J connectivity index is 2.13. The molecule has 1 N–H and O–H groups in total. The minimum Gasteiger partial charge on any atom is -0.313 e. The first-order chi connectivity index (χ1) is 7.90. The molecule has 2 rings (SSSR count). The highest BCUT2D eigenvalue weighted by atomic mass is 14.9. The summed E-state index contributed by atoms with van der Waals surface area (Å²) in [6.45, 7) is 3.79. The number of aromatic nitrogens is 4. The third kappa shape index (κ3) is 2.58. The number of hydrogen-bond donors (Lipinski definition) is 1. The smallest absolute Gasteiger partial charge is 0.179 e. The van der Waals surface area contributed by atoms with E-state index in [1.807, 2.05) is 0 Å². The highest BCUT2D eigenvalue weighted by Crippen LogP contribution is 2.08. The van der Waals surface area contributed by atoms with E-state index in [2.05, 4.69) is 32.2 Å². The standard InChI is InChI=1S/C11H13N5/c1-2-12-5-9-6-15-11(16-7-9)10-8-13-3-4-14-10/h3-4,6-8,12H,2,5H2,1H3. The molecular formula is C11H13N5. The van der Waals surface area contributed by atoms with Crippen LogP contribution in [0, 0.1) is 0 Å². The van der Waals surface area contributed by atoms with Crippen molar-refractivity contribution in [2.45, 2.75) is 13.5 Å². The van der Waals surface area contributed by atoms with Crippen LogP contribution in [0.1, 0.15) is 12.5 Å². The second kappa shape index (κ2) is 5.27. The second-order valence-electron chi connectivity index (χ2n) is 3.29. The Morgan fingerprint density at radius 3 is 2.50 bits per heavy atom. The van der Waals surface area contributed by atoms with E-state index < -0.39 is 0 Å². The monoisotopic (exact) mass is 215 g/mol. The predicted octanol–water partition coefficient (Wildman–Crippen LogP) is 1.04. The largest absolute Gasteiger partial charge is 0.313 e. The molecule has 2 aromatic rings. The van der Waals surface area contributed by atoms with Gasteiger partial charge in [0, 0.05) is 36.9 Å². The van der Waals surface area contributed by atoms with Crippen LogP contribution in [-0.2, 0) is 6.54 Å². The molecule has 82 valence electrons. The highest BCUT2D eigenvalue weighted by Gasteiger charge is 2.01. The molecule has 5 heteroatoms. The van der Waals surface area contributed by atoms with E-state index in [9.17, 15) is 0 Å². The quantitative estimate of drug-likeness (QED) is 0.825. The summed E-state index contributed by atoms with van der Waals surface area (Å²) >= 11 is 0. The van der Waals surface area contributed by atoms with Crippen LogP contribution in [0.4, 0.5) is 0 Å². The molecule has 16 heavy (non-hydrogen) atoms. The van der Waals surface area contributed by atoms with E-state index in [-0.39, 0.29) is 0 Å². The van der Waals surface area contributed by atoms with E-state index in [1.165, 1.54) is 0 Å². The van der Waals surface area contributed by atoms with Crippen molar-refractivity contribution in [2.75, 3.05) is 6.54 Å². The molecule has 0 unspecified atom stereocenters. The summed E-state index contributed by atoms with van der Waals surface area (Å²) in [5, 5.41) is 3.22. The number of hydrogen-bond acceptors (Lipinski definition) is 5. The van der Waals surface area contributed by atoms with Gasteiger partial charge in [-0.05, 0) is 6.54 Å². The topological polar surface area (TPSA) is 63.6 Å². The molecule has 0 aliphatic carbocycles. The van der Waals surface area contributed by atoms with Gasteiger partial charge in [-0.1, -0.05) is 6.92 Å². The Bertz CT molecular complexity index is 426. The molecule has 0 aliphatic rings. The molecule has 0 aliphatic heterocycles. The zero-order chi connectivity index (χ0) is 11.2. The lowest BCUT2D eigenvalue weighted by Gasteiger charge is -2.02. The first kappa shape index (κ1) is 10.6. The van der Waals surface area contributed by atoms with Crippen LogP contribution in [0.2, 0.25) is 0 Å². The third-order valence-electron chi connectivity index (χ3n) is 2.08. The minimum atomic E-state index is 0.605. The van der Waals surface area contributed by atoms with Gasteiger partial charge in [-0.2, -0.15) is 0 Å². The molecule has 0 spiro atoms. The second-order valence-corrected chi connectivity index (χ2v) is 3.29. The highest BCUT2D eigenvalue weighted by molar-refractivity contribution is 5.46. The van der Waals surface area contributed by atoms with Gasteiger partial charge in [-0.3, -0.25) is 4.98 Å². The zero-order valence-corrected chi connectivity index (χ0v) is 9.09. The zero-order valence-electron chi connectivity index (χ0n) is 9.09. The Labute approximate surface area is 94.0 Å². The number of nitrogens with one attached hydrogen (secondary N) is 1. The van der Waals surface area contributed by atoms with E-state index in [4.69, 9.17) is 0 Å². The summed E-state index contributed by atoms with van der Waals surface area (Å²) in [4.78, 5) is 16.6. The summed E-state index contributed by atoms with van der Waals surface area (Å²) in [5.74, 6) is 0.605. The third-order valence-corrected chi connectivity index (χ3v) is 2.08. The van der Waals surface area contributed by atoms with Gasteiger partial charge in [-0.15, -0.1) is 0 Å². The summed E-state index contributed by atoms with van der Waals surface area (Å²) in [7, 11) is 0. The van der Waals surface area contributed by atoms with Gasteiger partial charge in [0.1, 0.15) is 5.69 Å². The molecule has 0 saturated heterocycles. The lowest BCUT2D eigenvalue weighted by Crippen LogP contribution is -2.12. The fourth-order valence-electron chi connectivity index (χ4n) is 1.26. The van der Waals surface area contributed by atoms with Crippen LogP contribution in [0.25, 0.3) is 11.5 Å². The van der Waals surface area contributed by atoms with Crippen molar-refractivity contribution in [3.05, 3.63) is 36.5 Å². The summed E-state index contributed by atoms with van der Waals surface area (Å²) < 4.78 is 0. The molecule has 0 aromatic carbocycles. The van der Waals surface area contributed by atoms with Gasteiger partial charge < -0.3 is 5.32 Å². The van der Waals surface area contributed by atoms with Crippen LogP contribution in [0.15, 0.2) is 31.0 Å². The maximum atomic E-state index is 4.25. The SMILES string of the molecule is CCNCc1cnc(-c2cnccn2)nc1. The molecule has 2 heterocycles. The van der Waals surface area contributed by atoms with Crippen LogP contribution in [0.5, 0.6) is 0 Å². The maximum Gasteiger partial charge on any atom is 0.179 e. The molecule has 0 fully saturated rings. The summed E-state index contributed by atoms with van der Waals surface area (Å²) in [6.07, 6.45) is 8.52. The Kier molecular flexibility index (Phi) is 3.50. The first-order valence-corrected chi connectivity index (χ1v) is 5.18. The van der Waals surface area contributed by atoms with Gasteiger partial charge in [0.2, 0.25) is 0 Å². The van der Waals surface area contributed by atoms with Gasteiger partial charge in [-0.25, -0.2) is 15.0 Å². The minimum absolute atomic E-state index is 0.605. The van der Waals surface area contributed by atoms with Gasteiger partial charge in [0.15, 0.2) is 5.82 Å². The molecule has 0 saturated carbocycles. The van der Waals surface area contributed by atoms with E-state index in [0.29, 0.717) is 11.5 Å². The number of rotatable bonds is 4. The average molecular weight is 215 g/mol. The van der Waals surface area contributed by atoms with Crippen LogP contribution < -0.4 is 5.32 Å². The lowest BCUT2D eigenvalue weighted by molar-refractivity contribution is 0.721. The van der Waals surface area contributed by atoms with Crippen LogP contribution in [0.3, 0.4) is 0 Å². The lowest BCUT2D eigenvalue weighted by atomic mass is 10.3. The predicted molar refractivity (Wildman–Crippen MR) is 60.4 cm³/mol. The molecule has 0 radical (unpaired) electrons. The van der Waals surface area contributed by atoms with Crippen LogP contribution in [-0.4, -0.2) is 26.5 Å². The van der Waals surface area contributed by atoms with Gasteiger partial charge >= 0.3 is 0 Å². The van der Waals surface area contributed by atoms with Crippen molar-refractivity contribution in [3.8, 4) is 11.5 Å². The first-order valence-electron chi connectivity index (χ1n) is 5.18. The fourth-order valence-corrected chi connectivity index (χ4v) is 1.26. The molecular weight excluding hydrogens is 202 g/mol. The van der Waals surface area contributed by atoms with Crippen molar-refractivity contribution in [1.82, 2.24) is 25.3 Å². The Morgan fingerprint density at radius 1 is 1.06 bits per heavy atom.